The first-order valence-corrected chi connectivity index (χ1v) is 38.1. The average Bonchev–Trinajstić information content (AvgIpc) is 1.55. The zero-order chi connectivity index (χ0) is 74.7. The lowest BCUT2D eigenvalue weighted by Gasteiger charge is -2.21. The second kappa shape index (κ2) is 24.7. The van der Waals surface area contributed by atoms with Crippen LogP contribution in [0, 0.1) is 29.6 Å². The minimum Gasteiger partial charge on any atom is -0.307 e. The number of aryl methyl sites for hydroxylation is 1. The lowest BCUT2D eigenvalue weighted by Crippen LogP contribution is -2.05. The predicted octanol–water partition coefficient (Wildman–Crippen LogP) is 25.8. The molecule has 15 aromatic carbocycles. The molecule has 0 aliphatic rings. The van der Waals surface area contributed by atoms with Gasteiger partial charge in [0.25, 0.3) is 0 Å². The van der Waals surface area contributed by atoms with E-state index in [-0.39, 0.29) is 0 Å². The highest BCUT2D eigenvalue weighted by Crippen LogP contribution is 2.50. The molecule has 0 bridgehead atoms. The van der Waals surface area contributed by atoms with Crippen LogP contribution in [0.15, 0.2) is 358 Å². The molecule has 10 nitrogen and oxygen atoms in total. The third-order valence-corrected chi connectivity index (χ3v) is 23.6. The van der Waals surface area contributed by atoms with Gasteiger partial charge < -0.3 is 27.4 Å². The number of hydrogen-bond donors (Lipinski definition) is 0. The van der Waals surface area contributed by atoms with Gasteiger partial charge >= 0.3 is 0 Å². The molecule has 0 fully saturated rings. The van der Waals surface area contributed by atoms with Gasteiger partial charge in [-0.2, -0.15) is 10.5 Å². The molecule has 10 heteroatoms. The summed E-state index contributed by atoms with van der Waals surface area (Å²) in [5.74, 6) is 0. The predicted molar refractivity (Wildman–Crippen MR) is 464 cm³/mol. The number of para-hydroxylation sites is 10. The molecule has 0 radical (unpaired) electrons. The van der Waals surface area contributed by atoms with Gasteiger partial charge in [0, 0.05) is 112 Å². The number of rotatable bonds is 10. The van der Waals surface area contributed by atoms with Crippen LogP contribution in [0.2, 0.25) is 0 Å². The zero-order valence-electron chi connectivity index (χ0n) is 61.0. The highest BCUT2D eigenvalue weighted by Gasteiger charge is 2.30. The first-order valence-electron chi connectivity index (χ1n) is 38.1. The fraction of sp³-hybridized carbons (Fsp3) is 0.00971. The number of pyridine rings is 2. The van der Waals surface area contributed by atoms with Crippen LogP contribution in [0.4, 0.5) is 0 Å². The van der Waals surface area contributed by atoms with Crippen LogP contribution in [0.3, 0.4) is 0 Å². The molecule has 23 rings (SSSR count). The second-order valence-corrected chi connectivity index (χ2v) is 29.4. The fourth-order valence-electron chi connectivity index (χ4n) is 18.8. The van der Waals surface area contributed by atoms with E-state index in [1.54, 1.807) is 24.8 Å². The number of benzene rings is 15. The minimum absolute atomic E-state index is 0.568. The first kappa shape index (κ1) is 63.5. The Morgan fingerprint density at radius 3 is 0.956 bits per heavy atom. The van der Waals surface area contributed by atoms with Gasteiger partial charge in [-0.25, -0.2) is 0 Å². The van der Waals surface area contributed by atoms with Crippen LogP contribution >= 0.6 is 0 Å². The van der Waals surface area contributed by atoms with E-state index < -0.39 is 0 Å². The van der Waals surface area contributed by atoms with Crippen molar-refractivity contribution in [1.82, 2.24) is 37.4 Å². The van der Waals surface area contributed by atoms with E-state index in [4.69, 9.17) is 0 Å². The van der Waals surface area contributed by atoms with Crippen molar-refractivity contribution in [2.24, 2.45) is 0 Å². The summed E-state index contributed by atoms with van der Waals surface area (Å²) in [6.07, 6.45) is 7.21. The van der Waals surface area contributed by atoms with Gasteiger partial charge in [0.15, 0.2) is 0 Å². The number of hydrogen-bond acceptors (Lipinski definition) is 4. The SMILES string of the molecule is Cc1cc(C#N)c(-c2ccncc2)cc1-n1c2c(-n3c4ccccc4c4ccccc43)cccc2c2cccc(-n3c4ccccc4c4ccc(-c5ccc6c(c5)c5ccccc5n6-c5cccc6c7cccc(-n8c9ccccc9c9ccccc98)c7n(-c7cc(-c8ccncc8)c(C#N)cc7-c7ccccc7)c56)cc43)c21. The standard InChI is InChI=1S/C103H62N10/c1-63-55-69(61-104)82(65-47-51-106-52-48-65)59-97(63)112-100-78(29-17-39-93(100)108-86-33-11-5-23-71(86)72-24-6-12-34-87(72)108)79-30-20-42-96(101(79)112)111-90-37-15-9-27-75(90)77-45-43-68(58-98(77)111)67-44-46-92-85(56-67)76-28-10-16-38-91(76)110(92)95-41-19-32-81-80-31-18-40-94(109-88-35-13-7-25-73(88)74-26-8-14-36-89(74)109)102(80)113(103(81)95)99-60-83(66-49-53-107-54-50-66)70(62-105)57-84(99)64-21-3-2-4-22-64/h2-60H,1H3. The van der Waals surface area contributed by atoms with Crippen molar-refractivity contribution < 1.29 is 0 Å². The summed E-state index contributed by atoms with van der Waals surface area (Å²) in [5.41, 5.74) is 28.5. The van der Waals surface area contributed by atoms with Gasteiger partial charge in [-0.1, -0.05) is 206 Å². The molecule has 0 atom stereocenters. The van der Waals surface area contributed by atoms with E-state index in [9.17, 15) is 10.5 Å². The van der Waals surface area contributed by atoms with Crippen LogP contribution < -0.4 is 0 Å². The van der Waals surface area contributed by atoms with Crippen molar-refractivity contribution in [2.45, 2.75) is 6.92 Å². The highest BCUT2D eigenvalue weighted by molar-refractivity contribution is 6.22. The Bertz CT molecular complexity index is 7980. The van der Waals surface area contributed by atoms with Crippen molar-refractivity contribution in [3.8, 4) is 90.8 Å². The van der Waals surface area contributed by atoms with Gasteiger partial charge in [-0.15, -0.1) is 0 Å². The van der Waals surface area contributed by atoms with Crippen LogP contribution in [0.1, 0.15) is 16.7 Å². The molecule has 0 amide bonds. The average molecular weight is 1440 g/mol. The summed E-state index contributed by atoms with van der Waals surface area (Å²) in [4.78, 5) is 8.85. The lowest BCUT2D eigenvalue weighted by molar-refractivity contribution is 1.09. The molecule has 0 saturated heterocycles. The molecule has 0 N–H and O–H groups in total. The van der Waals surface area contributed by atoms with Gasteiger partial charge in [-0.05, 0) is 168 Å². The number of nitrogens with zero attached hydrogens (tertiary/aromatic N) is 10. The normalized spacial score (nSPS) is 11.9. The molecule has 8 aromatic heterocycles. The third kappa shape index (κ3) is 9.27. The smallest absolute Gasteiger partial charge is 0.0998 e. The third-order valence-electron chi connectivity index (χ3n) is 23.6. The lowest BCUT2D eigenvalue weighted by atomic mass is 9.94. The first-order chi connectivity index (χ1) is 56.0. The number of nitriles is 2. The Morgan fingerprint density at radius 1 is 0.212 bits per heavy atom. The van der Waals surface area contributed by atoms with Crippen molar-refractivity contribution in [1.29, 1.82) is 10.5 Å². The molecule has 113 heavy (non-hydrogen) atoms. The quantitative estimate of drug-likeness (QED) is 0.136. The summed E-state index contributed by atoms with van der Waals surface area (Å²) in [5, 5.41) is 35.8. The van der Waals surface area contributed by atoms with Crippen molar-refractivity contribution in [2.75, 3.05) is 0 Å². The van der Waals surface area contributed by atoms with Gasteiger partial charge in [0.05, 0.1) is 118 Å². The van der Waals surface area contributed by atoms with Crippen LogP contribution in [-0.2, 0) is 0 Å². The summed E-state index contributed by atoms with van der Waals surface area (Å²) < 4.78 is 14.8. The molecule has 0 aliphatic carbocycles. The van der Waals surface area contributed by atoms with Gasteiger partial charge in [0.1, 0.15) is 0 Å². The Morgan fingerprint density at radius 2 is 0.531 bits per heavy atom. The molecule has 8 heterocycles. The molecular weight excluding hydrogens is 1380 g/mol. The number of aromatic nitrogens is 8. The van der Waals surface area contributed by atoms with Gasteiger partial charge in [-0.3, -0.25) is 9.97 Å². The second-order valence-electron chi connectivity index (χ2n) is 29.4. The highest BCUT2D eigenvalue weighted by atomic mass is 15.1. The van der Waals surface area contributed by atoms with Crippen molar-refractivity contribution in [3.05, 3.63) is 375 Å². The maximum absolute atomic E-state index is 11.2. The minimum atomic E-state index is 0.568. The van der Waals surface area contributed by atoms with E-state index in [0.717, 1.165) is 193 Å². The van der Waals surface area contributed by atoms with Crippen LogP contribution in [0.25, 0.3) is 209 Å². The Balaban J connectivity index is 0.773. The summed E-state index contributed by atoms with van der Waals surface area (Å²) in [6, 6.07) is 126. The molecule has 0 aliphatic heterocycles. The summed E-state index contributed by atoms with van der Waals surface area (Å²) in [7, 11) is 0. The van der Waals surface area contributed by atoms with E-state index in [1.165, 1.54) is 21.5 Å². The topological polar surface area (TPSA) is 103 Å². The Kier molecular flexibility index (Phi) is 13.9. The van der Waals surface area contributed by atoms with Crippen molar-refractivity contribution >= 4 is 131 Å². The van der Waals surface area contributed by atoms with E-state index in [0.29, 0.717) is 11.1 Å². The molecule has 0 unspecified atom stereocenters. The molecule has 0 saturated carbocycles. The van der Waals surface area contributed by atoms with E-state index in [2.05, 4.69) is 366 Å². The maximum atomic E-state index is 11.2. The Labute approximate surface area is 647 Å². The molecule has 524 valence electrons. The summed E-state index contributed by atoms with van der Waals surface area (Å²) in [6.45, 7) is 2.14. The monoisotopic (exact) mass is 1440 g/mol. The van der Waals surface area contributed by atoms with Crippen LogP contribution in [-0.4, -0.2) is 37.4 Å². The van der Waals surface area contributed by atoms with Crippen molar-refractivity contribution in [3.63, 3.8) is 0 Å². The fourth-order valence-corrected chi connectivity index (χ4v) is 18.8. The number of fused-ring (bicyclic) bond motifs is 18. The maximum Gasteiger partial charge on any atom is 0.0998 e. The zero-order valence-corrected chi connectivity index (χ0v) is 61.0. The largest absolute Gasteiger partial charge is 0.307 e. The summed E-state index contributed by atoms with van der Waals surface area (Å²) >= 11 is 0. The van der Waals surface area contributed by atoms with Gasteiger partial charge in [0.2, 0.25) is 0 Å². The molecule has 23 aromatic rings. The van der Waals surface area contributed by atoms with Crippen LogP contribution in [0.5, 0.6) is 0 Å². The molecule has 0 spiro atoms. The Hall–Kier alpha value is -15.6. The van der Waals surface area contributed by atoms with E-state index >= 15 is 0 Å². The van der Waals surface area contributed by atoms with E-state index in [1.807, 2.05) is 24.3 Å². The molecular formula is C103H62N10.